The van der Waals surface area contributed by atoms with E-state index in [4.69, 9.17) is 0 Å². The van der Waals surface area contributed by atoms with E-state index in [-0.39, 0.29) is 5.41 Å². The van der Waals surface area contributed by atoms with Crippen molar-refractivity contribution >= 4 is 49.6 Å². The van der Waals surface area contributed by atoms with E-state index >= 15 is 0 Å². The largest absolute Gasteiger partial charge is 0.310 e. The van der Waals surface area contributed by atoms with E-state index < -0.39 is 0 Å². The van der Waals surface area contributed by atoms with Crippen LogP contribution in [0.15, 0.2) is 206 Å². The van der Waals surface area contributed by atoms with Crippen molar-refractivity contribution < 1.29 is 0 Å². The number of anilines is 3. The van der Waals surface area contributed by atoms with E-state index in [2.05, 4.69) is 230 Å². The zero-order valence-electron chi connectivity index (χ0n) is 32.0. The molecule has 0 unspecified atom stereocenters. The maximum absolute atomic E-state index is 2.42. The predicted molar refractivity (Wildman–Crippen MR) is 241 cm³/mol. The molecule has 0 fully saturated rings. The van der Waals surface area contributed by atoms with Crippen molar-refractivity contribution in [3.63, 3.8) is 0 Å². The predicted octanol–water partition coefficient (Wildman–Crippen LogP) is 15.0. The summed E-state index contributed by atoms with van der Waals surface area (Å²) in [6.45, 7) is 4.71. The highest BCUT2D eigenvalue weighted by molar-refractivity contribution is 6.09. The molecule has 0 bridgehead atoms. The van der Waals surface area contributed by atoms with Gasteiger partial charge in [0.1, 0.15) is 0 Å². The van der Waals surface area contributed by atoms with Gasteiger partial charge in [-0.2, -0.15) is 0 Å². The number of hydrogen-bond acceptors (Lipinski definition) is 1. The first-order valence-corrected chi connectivity index (χ1v) is 19.9. The standard InChI is InChI=1S/C55H40N2/c1-55(2)50-21-11-8-18-46(50)47-35-33-43(36-51(47)55)56(41-29-31-42(32-30-41)57-52-22-12-9-19-48(52)49-20-10-13-23-53(49)57)40-27-24-38(25-28-40)45-34-26-37-14-6-7-17-44(37)54(45)39-15-4-3-5-16-39/h3-36H,1-2H3. The van der Waals surface area contributed by atoms with Crippen LogP contribution in [0.4, 0.5) is 17.1 Å². The van der Waals surface area contributed by atoms with Crippen molar-refractivity contribution in [1.29, 1.82) is 0 Å². The van der Waals surface area contributed by atoms with Gasteiger partial charge in [0.15, 0.2) is 0 Å². The summed E-state index contributed by atoms with van der Waals surface area (Å²) in [5.74, 6) is 0. The molecule has 0 radical (unpaired) electrons. The second kappa shape index (κ2) is 13.0. The molecule has 10 aromatic rings. The lowest BCUT2D eigenvalue weighted by Gasteiger charge is -2.28. The molecule has 57 heavy (non-hydrogen) atoms. The SMILES string of the molecule is CC1(C)c2ccccc2-c2ccc(N(c3ccc(-c4ccc5ccccc5c4-c4ccccc4)cc3)c3ccc(-n4c5ccccc5c5ccccc54)cc3)cc21. The summed E-state index contributed by atoms with van der Waals surface area (Å²) in [5, 5.41) is 5.04. The third kappa shape index (κ3) is 5.25. The molecule has 1 aliphatic carbocycles. The van der Waals surface area contributed by atoms with Gasteiger partial charge >= 0.3 is 0 Å². The van der Waals surface area contributed by atoms with E-state index in [0.29, 0.717) is 0 Å². The summed E-state index contributed by atoms with van der Waals surface area (Å²) >= 11 is 0. The summed E-state index contributed by atoms with van der Waals surface area (Å²) in [6.07, 6.45) is 0. The minimum absolute atomic E-state index is 0.109. The number of fused-ring (bicyclic) bond motifs is 7. The third-order valence-corrected chi connectivity index (χ3v) is 12.2. The minimum atomic E-state index is -0.109. The quantitative estimate of drug-likeness (QED) is 0.165. The first kappa shape index (κ1) is 33.2. The van der Waals surface area contributed by atoms with Gasteiger partial charge in [0, 0.05) is 38.9 Å². The smallest absolute Gasteiger partial charge is 0.0541 e. The van der Waals surface area contributed by atoms with Gasteiger partial charge in [-0.3, -0.25) is 0 Å². The van der Waals surface area contributed by atoms with Crippen LogP contribution >= 0.6 is 0 Å². The molecule has 0 N–H and O–H groups in total. The van der Waals surface area contributed by atoms with Crippen LogP contribution in [0, 0.1) is 0 Å². The molecule has 0 amide bonds. The molecule has 1 aliphatic rings. The Hall–Kier alpha value is -7.16. The summed E-state index contributed by atoms with van der Waals surface area (Å²) < 4.78 is 2.39. The molecule has 0 saturated heterocycles. The van der Waals surface area contributed by atoms with Crippen LogP contribution in [0.2, 0.25) is 0 Å². The zero-order chi connectivity index (χ0) is 38.1. The van der Waals surface area contributed by atoms with Gasteiger partial charge in [-0.05, 0) is 116 Å². The lowest BCUT2D eigenvalue weighted by Crippen LogP contribution is -2.16. The second-order valence-electron chi connectivity index (χ2n) is 15.7. The average Bonchev–Trinajstić information content (AvgIpc) is 3.72. The molecule has 11 rings (SSSR count). The maximum Gasteiger partial charge on any atom is 0.0541 e. The normalized spacial score (nSPS) is 12.9. The van der Waals surface area contributed by atoms with Crippen molar-refractivity contribution in [1.82, 2.24) is 4.57 Å². The van der Waals surface area contributed by atoms with Gasteiger partial charge < -0.3 is 9.47 Å². The van der Waals surface area contributed by atoms with Gasteiger partial charge in [0.05, 0.1) is 11.0 Å². The van der Waals surface area contributed by atoms with Crippen molar-refractivity contribution in [2.45, 2.75) is 19.3 Å². The monoisotopic (exact) mass is 728 g/mol. The molecule has 1 heterocycles. The number of aromatic nitrogens is 1. The van der Waals surface area contributed by atoms with Crippen LogP contribution < -0.4 is 4.90 Å². The number of rotatable bonds is 6. The molecule has 0 saturated carbocycles. The molecule has 2 nitrogen and oxygen atoms in total. The van der Waals surface area contributed by atoms with Crippen molar-refractivity contribution in [3.05, 3.63) is 217 Å². The van der Waals surface area contributed by atoms with Crippen molar-refractivity contribution in [3.8, 4) is 39.1 Å². The Balaban J connectivity index is 1.06. The maximum atomic E-state index is 2.42. The van der Waals surface area contributed by atoms with Crippen LogP contribution in [-0.2, 0) is 5.41 Å². The van der Waals surface area contributed by atoms with E-state index in [1.807, 2.05) is 0 Å². The molecule has 2 heteroatoms. The van der Waals surface area contributed by atoms with Crippen LogP contribution in [0.5, 0.6) is 0 Å². The first-order chi connectivity index (χ1) is 28.0. The fourth-order valence-corrected chi connectivity index (χ4v) is 9.45. The van der Waals surface area contributed by atoms with Crippen molar-refractivity contribution in [2.75, 3.05) is 4.90 Å². The summed E-state index contributed by atoms with van der Waals surface area (Å²) in [6, 6.07) is 75.6. The number of benzene rings is 9. The fraction of sp³-hybridized carbons (Fsp3) is 0.0545. The second-order valence-corrected chi connectivity index (χ2v) is 15.7. The van der Waals surface area contributed by atoms with Gasteiger partial charge in [-0.1, -0.05) is 159 Å². The molecule has 0 atom stereocenters. The molecule has 0 aliphatic heterocycles. The van der Waals surface area contributed by atoms with Crippen molar-refractivity contribution in [2.24, 2.45) is 0 Å². The van der Waals surface area contributed by atoms with Crippen LogP contribution in [-0.4, -0.2) is 4.57 Å². The highest BCUT2D eigenvalue weighted by atomic mass is 15.1. The Morgan fingerprint density at radius 2 is 0.930 bits per heavy atom. The number of nitrogens with zero attached hydrogens (tertiary/aromatic N) is 2. The van der Waals surface area contributed by atoms with Gasteiger partial charge in [0.25, 0.3) is 0 Å². The molecular formula is C55H40N2. The molecule has 9 aromatic carbocycles. The lowest BCUT2D eigenvalue weighted by atomic mass is 9.82. The van der Waals surface area contributed by atoms with Gasteiger partial charge in [0.2, 0.25) is 0 Å². The van der Waals surface area contributed by atoms with Gasteiger partial charge in [-0.15, -0.1) is 0 Å². The first-order valence-electron chi connectivity index (χ1n) is 19.9. The molecular weight excluding hydrogens is 689 g/mol. The molecule has 0 spiro atoms. The number of para-hydroxylation sites is 2. The van der Waals surface area contributed by atoms with E-state index in [1.165, 1.54) is 77.1 Å². The van der Waals surface area contributed by atoms with Crippen LogP contribution in [0.25, 0.3) is 71.6 Å². The Morgan fingerprint density at radius 3 is 1.65 bits per heavy atom. The summed E-state index contributed by atoms with van der Waals surface area (Å²) in [4.78, 5) is 2.41. The highest BCUT2D eigenvalue weighted by Gasteiger charge is 2.35. The molecule has 1 aromatic heterocycles. The van der Waals surface area contributed by atoms with Gasteiger partial charge in [-0.25, -0.2) is 0 Å². The Bertz CT molecular complexity index is 3080. The van der Waals surface area contributed by atoms with Crippen LogP contribution in [0.3, 0.4) is 0 Å². The highest BCUT2D eigenvalue weighted by Crippen LogP contribution is 2.51. The van der Waals surface area contributed by atoms with E-state index in [1.54, 1.807) is 0 Å². The Kier molecular flexibility index (Phi) is 7.55. The fourth-order valence-electron chi connectivity index (χ4n) is 9.45. The zero-order valence-corrected chi connectivity index (χ0v) is 32.0. The minimum Gasteiger partial charge on any atom is -0.310 e. The summed E-state index contributed by atoms with van der Waals surface area (Å²) in [5.41, 5.74) is 17.1. The average molecular weight is 729 g/mol. The van der Waals surface area contributed by atoms with E-state index in [0.717, 1.165) is 22.7 Å². The topological polar surface area (TPSA) is 8.17 Å². The Morgan fingerprint density at radius 1 is 0.386 bits per heavy atom. The third-order valence-electron chi connectivity index (χ3n) is 12.2. The molecule has 270 valence electrons. The number of hydrogen-bond donors (Lipinski definition) is 0. The van der Waals surface area contributed by atoms with E-state index in [9.17, 15) is 0 Å². The van der Waals surface area contributed by atoms with Crippen LogP contribution in [0.1, 0.15) is 25.0 Å². The lowest BCUT2D eigenvalue weighted by molar-refractivity contribution is 0.660. The Labute approximate surface area is 333 Å². The summed E-state index contributed by atoms with van der Waals surface area (Å²) in [7, 11) is 0.